The molecule has 6 aromatic heterocycles. The fourth-order valence-electron chi connectivity index (χ4n) is 11.3. The van der Waals surface area contributed by atoms with Crippen LogP contribution in [0.1, 0.15) is 99.8 Å². The van der Waals surface area contributed by atoms with Gasteiger partial charge in [0.2, 0.25) is 5.91 Å². The number of likely N-dealkylation sites (tertiary alicyclic amines) is 2. The average molecular weight is 1430 g/mol. The second-order valence-electron chi connectivity index (χ2n) is 24.6. The molecular formula is C63H62Cl2F6N18O11. The van der Waals surface area contributed by atoms with Crippen molar-refractivity contribution in [3.05, 3.63) is 162 Å². The van der Waals surface area contributed by atoms with Crippen molar-refractivity contribution in [2.75, 3.05) is 70.0 Å². The first-order valence-electron chi connectivity index (χ1n) is 30.7. The summed E-state index contributed by atoms with van der Waals surface area (Å²) in [6, 6.07) is 13.1. The summed E-state index contributed by atoms with van der Waals surface area (Å²) in [5.74, 6) is -3.48. The van der Waals surface area contributed by atoms with Crippen LogP contribution in [0.25, 0.3) is 34.2 Å². The molecule has 0 saturated carbocycles. The molecule has 3 aliphatic rings. The van der Waals surface area contributed by atoms with E-state index in [1.807, 2.05) is 11.9 Å². The lowest BCUT2D eigenvalue weighted by Gasteiger charge is -2.37. The molecule has 11 rings (SSSR count). The highest BCUT2D eigenvalue weighted by Gasteiger charge is 2.41. The molecule has 9 heterocycles. The van der Waals surface area contributed by atoms with Crippen LogP contribution in [0.3, 0.4) is 0 Å². The minimum absolute atomic E-state index is 0.0553. The third-order valence-corrected chi connectivity index (χ3v) is 17.3. The number of benzene rings is 2. The van der Waals surface area contributed by atoms with Gasteiger partial charge < -0.3 is 44.1 Å². The lowest BCUT2D eigenvalue weighted by molar-refractivity contribution is -0.385. The number of carbonyl (C=O) groups is 6. The first kappa shape index (κ1) is 72.1. The highest BCUT2D eigenvalue weighted by molar-refractivity contribution is 6.34. The Morgan fingerprint density at radius 2 is 0.940 bits per heavy atom. The summed E-state index contributed by atoms with van der Waals surface area (Å²) >= 11 is 12.9. The van der Waals surface area contributed by atoms with Crippen molar-refractivity contribution in [2.45, 2.75) is 64.4 Å². The molecular weight excluding hydrogens is 1370 g/mol. The number of nitrogens with zero attached hydrogens (tertiary/aromatic N) is 16. The number of hydrogen-bond acceptors (Lipinski definition) is 18. The summed E-state index contributed by atoms with van der Waals surface area (Å²) in [5.41, 5.74) is -4.06. The second-order valence-corrected chi connectivity index (χ2v) is 25.4. The summed E-state index contributed by atoms with van der Waals surface area (Å²) in [7, 11) is 4.73. The van der Waals surface area contributed by atoms with E-state index in [1.165, 1.54) is 50.5 Å². The molecule has 0 radical (unpaired) electrons. The molecule has 0 aliphatic carbocycles. The number of carbonyl (C=O) groups excluding carboxylic acids is 6. The second kappa shape index (κ2) is 29.0. The summed E-state index contributed by atoms with van der Waals surface area (Å²) in [6.07, 6.45) is -1.80. The zero-order chi connectivity index (χ0) is 72.4. The van der Waals surface area contributed by atoms with Crippen molar-refractivity contribution in [2.24, 2.45) is 25.9 Å². The van der Waals surface area contributed by atoms with Crippen LogP contribution in [0.5, 0.6) is 0 Å². The van der Waals surface area contributed by atoms with E-state index in [-0.39, 0.29) is 114 Å². The van der Waals surface area contributed by atoms with E-state index in [9.17, 15) is 75.3 Å². The Balaban J connectivity index is 0.000000216. The number of imidazole rings is 2. The maximum absolute atomic E-state index is 14.0. The number of ether oxygens (including phenoxy) is 1. The maximum Gasteiger partial charge on any atom is 0.435 e. The fourth-order valence-corrected chi connectivity index (χ4v) is 11.8. The smallest absolute Gasteiger partial charge is 0.435 e. The van der Waals surface area contributed by atoms with E-state index in [2.05, 4.69) is 45.7 Å². The number of aromatic nitrogens is 10. The SMILES string of the molecule is CN1CCN(C(=O)C2CCN(C(=O)c3ccc(NC(=O)c4ncc(-c5cn(-c6ccc([N+](=O)[O-])cn6)nc5C(F)(F)F)n4C)cc3Cl)CC2)CC1.Cn1c(-c2cn(-c3ccc([N+](=O)[O-])cn3)nc2C(F)(F)F)cnc1C(=O)Nc1ccc(C(=O)N2CCC(C(=O)OC(C)(C)C)CC2)c(Cl)c1. The lowest BCUT2D eigenvalue weighted by atomic mass is 9.94. The van der Waals surface area contributed by atoms with Crippen LogP contribution >= 0.6 is 23.2 Å². The van der Waals surface area contributed by atoms with Crippen molar-refractivity contribution in [3.63, 3.8) is 0 Å². The Bertz CT molecular complexity index is 4470. The van der Waals surface area contributed by atoms with Crippen molar-refractivity contribution in [1.82, 2.24) is 68.2 Å². The molecule has 5 amide bonds. The molecule has 8 aromatic rings. The topological polar surface area (TPSA) is 332 Å². The molecule has 37 heteroatoms. The number of alkyl halides is 6. The number of hydrogen-bond donors (Lipinski definition) is 2. The van der Waals surface area contributed by atoms with Gasteiger partial charge in [-0.1, -0.05) is 23.2 Å². The first-order chi connectivity index (χ1) is 47.1. The predicted molar refractivity (Wildman–Crippen MR) is 346 cm³/mol. The number of pyridine rings is 2. The van der Waals surface area contributed by atoms with Gasteiger partial charge in [0.05, 0.1) is 71.8 Å². The Morgan fingerprint density at radius 1 is 0.540 bits per heavy atom. The van der Waals surface area contributed by atoms with E-state index in [0.29, 0.717) is 65.0 Å². The number of amides is 5. The summed E-state index contributed by atoms with van der Waals surface area (Å²) in [4.78, 5) is 122. The van der Waals surface area contributed by atoms with Gasteiger partial charge in [0.1, 0.15) is 18.0 Å². The molecule has 3 saturated heterocycles. The minimum Gasteiger partial charge on any atom is -0.460 e. The zero-order valence-electron chi connectivity index (χ0n) is 54.0. The van der Waals surface area contributed by atoms with Gasteiger partial charge in [-0.3, -0.25) is 49.0 Å². The molecule has 0 bridgehead atoms. The van der Waals surface area contributed by atoms with Crippen LogP contribution in [0.4, 0.5) is 49.1 Å². The Labute approximate surface area is 573 Å². The molecule has 0 spiro atoms. The van der Waals surface area contributed by atoms with Gasteiger partial charge in [0.25, 0.3) is 35.0 Å². The molecule has 0 unspecified atom stereocenters. The summed E-state index contributed by atoms with van der Waals surface area (Å²) < 4.78 is 93.6. The lowest BCUT2D eigenvalue weighted by Crippen LogP contribution is -2.51. The van der Waals surface area contributed by atoms with Crippen LogP contribution in [0, 0.1) is 32.1 Å². The van der Waals surface area contributed by atoms with Gasteiger partial charge >= 0.3 is 18.3 Å². The van der Waals surface area contributed by atoms with Crippen LogP contribution in [0.2, 0.25) is 10.0 Å². The third-order valence-electron chi connectivity index (χ3n) is 16.6. The van der Waals surface area contributed by atoms with Crippen LogP contribution in [-0.2, 0) is 40.8 Å². The molecule has 100 heavy (non-hydrogen) atoms. The van der Waals surface area contributed by atoms with Gasteiger partial charge in [-0.05, 0) is 102 Å². The summed E-state index contributed by atoms with van der Waals surface area (Å²) in [5, 5.41) is 34.4. The van der Waals surface area contributed by atoms with E-state index < -0.39 is 62.1 Å². The normalized spacial score (nSPS) is 15.0. The van der Waals surface area contributed by atoms with E-state index in [0.717, 1.165) is 93.0 Å². The maximum atomic E-state index is 14.0. The van der Waals surface area contributed by atoms with Crippen molar-refractivity contribution in [1.29, 1.82) is 0 Å². The molecule has 0 atom stereocenters. The molecule has 29 nitrogen and oxygen atoms in total. The number of nitrogens with one attached hydrogen (secondary N) is 2. The van der Waals surface area contributed by atoms with Crippen LogP contribution in [0.15, 0.2) is 97.8 Å². The van der Waals surface area contributed by atoms with Gasteiger partial charge in [-0.25, -0.2) is 29.3 Å². The summed E-state index contributed by atoms with van der Waals surface area (Å²) in [6.45, 7) is 9.91. The number of anilines is 2. The number of nitro groups is 2. The van der Waals surface area contributed by atoms with Gasteiger partial charge in [0, 0.05) is 108 Å². The Morgan fingerprint density at radius 3 is 1.29 bits per heavy atom. The van der Waals surface area contributed by atoms with Crippen molar-refractivity contribution >= 4 is 81.5 Å². The molecule has 526 valence electrons. The van der Waals surface area contributed by atoms with Crippen LogP contribution in [-0.4, -0.2) is 179 Å². The molecule has 3 fully saturated rings. The monoisotopic (exact) mass is 1430 g/mol. The largest absolute Gasteiger partial charge is 0.460 e. The fraction of sp³-hybridized carbons (Fsp3) is 0.365. The average Bonchev–Trinajstić information content (AvgIpc) is 1.62. The minimum atomic E-state index is -4.90. The highest BCUT2D eigenvalue weighted by Crippen LogP contribution is 2.39. The first-order valence-corrected chi connectivity index (χ1v) is 31.5. The predicted octanol–water partition coefficient (Wildman–Crippen LogP) is 9.82. The van der Waals surface area contributed by atoms with Crippen molar-refractivity contribution in [3.8, 4) is 34.2 Å². The Hall–Kier alpha value is -10.7. The van der Waals surface area contributed by atoms with Gasteiger partial charge in [-0.2, -0.15) is 36.5 Å². The number of esters is 1. The number of halogens is 8. The molecule has 2 N–H and O–H groups in total. The van der Waals surface area contributed by atoms with Gasteiger partial charge in [0.15, 0.2) is 34.7 Å². The number of piperidine rings is 2. The quantitative estimate of drug-likeness (QED) is 0.0442. The molecule has 2 aromatic carbocycles. The Kier molecular flexibility index (Phi) is 20.9. The van der Waals surface area contributed by atoms with E-state index >= 15 is 0 Å². The van der Waals surface area contributed by atoms with E-state index in [1.54, 1.807) is 30.6 Å². The zero-order valence-corrected chi connectivity index (χ0v) is 55.6. The third kappa shape index (κ3) is 16.2. The number of likely N-dealkylation sites (N-methyl/N-ethyl adjacent to an activating group) is 1. The highest BCUT2D eigenvalue weighted by atomic mass is 35.5. The van der Waals surface area contributed by atoms with Crippen LogP contribution < -0.4 is 10.6 Å². The standard InChI is InChI=1S/C32H32ClF3N10O5.C31H30ClF3N8O6/c1-41-11-13-44(14-12-41)30(48)19-7-9-43(10-8-19)31(49)22-5-3-20(15-24(22)33)39-29(47)28-38-17-25(42(28)2)23-18-45(40-27(23)32(34,35)36)26-6-4-21(16-37-26)46(50)51;1-30(2,3)49-29(46)17-9-11-41(12-10-17)28(45)20-7-5-18(13-22(20)32)38-27(44)26-37-15-23(40(26)4)21-16-42(39-25(21)31(33,34)35)24-8-6-19(14-36-24)43(47)48/h3-6,15-19H,7-14H2,1-2H3,(H,39,47);5-8,13-17H,9-12H2,1-4H3,(H,38,44). The molecule has 3 aliphatic heterocycles. The van der Waals surface area contributed by atoms with Gasteiger partial charge in [-0.15, -0.1) is 0 Å². The van der Waals surface area contributed by atoms with E-state index in [4.69, 9.17) is 27.9 Å². The number of rotatable bonds is 14. The van der Waals surface area contributed by atoms with Crippen molar-refractivity contribution < 1.29 is 69.7 Å². The number of piperazine rings is 1.